The predicted molar refractivity (Wildman–Crippen MR) is 152 cm³/mol. The number of nitrogens with zero attached hydrogens (tertiary/aromatic N) is 1. The Morgan fingerprint density at radius 2 is 1.50 bits per heavy atom. The van der Waals surface area contributed by atoms with Gasteiger partial charge in [-0.15, -0.1) is 0 Å². The molecule has 2 aliphatic heterocycles. The van der Waals surface area contributed by atoms with Crippen molar-refractivity contribution in [2.75, 3.05) is 57.7 Å². The Morgan fingerprint density at radius 1 is 0.825 bits per heavy atom. The van der Waals surface area contributed by atoms with Crippen LogP contribution in [-0.2, 0) is 0 Å². The molecule has 1 fully saturated rings. The second kappa shape index (κ2) is 12.2. The van der Waals surface area contributed by atoms with Crippen molar-refractivity contribution < 1.29 is 24.2 Å². The Bertz CT molecular complexity index is 1560. The summed E-state index contributed by atoms with van der Waals surface area (Å²) in [4.78, 5) is 39.4. The summed E-state index contributed by atoms with van der Waals surface area (Å²) in [5, 5.41) is 33.6. The molecule has 0 unspecified atom stereocenters. The van der Waals surface area contributed by atoms with E-state index in [1.165, 1.54) is 30.3 Å². The molecule has 2 aromatic rings. The van der Waals surface area contributed by atoms with Gasteiger partial charge in [0, 0.05) is 86.7 Å². The van der Waals surface area contributed by atoms with Crippen LogP contribution >= 0.6 is 0 Å². The van der Waals surface area contributed by atoms with Crippen LogP contribution in [0, 0.1) is 0 Å². The van der Waals surface area contributed by atoms with Gasteiger partial charge in [-0.2, -0.15) is 0 Å². The van der Waals surface area contributed by atoms with E-state index in [4.69, 9.17) is 4.42 Å². The van der Waals surface area contributed by atoms with E-state index in [0.29, 0.717) is 59.5 Å². The first kappa shape index (κ1) is 27.1. The van der Waals surface area contributed by atoms with Crippen molar-refractivity contribution in [3.63, 3.8) is 0 Å². The van der Waals surface area contributed by atoms with Gasteiger partial charge in [0.2, 0.25) is 0 Å². The minimum atomic E-state index is -1.18. The Kier molecular flexibility index (Phi) is 8.25. The number of carbonyl (C=O) groups is 2. The fraction of sp³-hybridized carbons (Fsp3) is 0.276. The molecule has 0 spiro atoms. The van der Waals surface area contributed by atoms with Crippen LogP contribution in [0.25, 0.3) is 33.4 Å². The number of urea groups is 1. The van der Waals surface area contributed by atoms with Crippen LogP contribution in [0.4, 0.5) is 10.5 Å². The summed E-state index contributed by atoms with van der Waals surface area (Å²) in [5.41, 5.74) is 1.82. The number of benzene rings is 3. The van der Waals surface area contributed by atoms with E-state index in [1.807, 2.05) is 0 Å². The van der Waals surface area contributed by atoms with Crippen molar-refractivity contribution in [3.05, 3.63) is 70.4 Å². The highest BCUT2D eigenvalue weighted by atomic mass is 16.4. The second-order valence-electron chi connectivity index (χ2n) is 9.55. The molecule has 0 bridgehead atoms. The molecule has 0 radical (unpaired) electrons. The first-order chi connectivity index (χ1) is 19.4. The lowest BCUT2D eigenvalue weighted by molar-refractivity contribution is 0.0697. The van der Waals surface area contributed by atoms with Crippen molar-refractivity contribution in [1.82, 2.24) is 20.9 Å². The predicted octanol–water partition coefficient (Wildman–Crippen LogP) is 2.58. The zero-order valence-electron chi connectivity index (χ0n) is 21.8. The Morgan fingerprint density at radius 3 is 2.20 bits per heavy atom. The Hall–Kier alpha value is -4.45. The van der Waals surface area contributed by atoms with Crippen LogP contribution in [0.2, 0.25) is 0 Å². The first-order valence-electron chi connectivity index (χ1n) is 13.2. The molecule has 208 valence electrons. The van der Waals surface area contributed by atoms with Gasteiger partial charge >= 0.3 is 12.0 Å². The summed E-state index contributed by atoms with van der Waals surface area (Å²) in [6, 6.07) is 13.3. The van der Waals surface area contributed by atoms with E-state index in [1.54, 1.807) is 29.2 Å². The summed E-state index contributed by atoms with van der Waals surface area (Å²) in [6.45, 7) is 5.54. The fourth-order valence-corrected chi connectivity index (χ4v) is 4.84. The van der Waals surface area contributed by atoms with Crippen molar-refractivity contribution in [3.8, 4) is 28.2 Å². The second-order valence-corrected chi connectivity index (χ2v) is 9.55. The molecule has 1 saturated heterocycles. The molecule has 3 aliphatic rings. The molecule has 0 atom stereocenters. The van der Waals surface area contributed by atoms with E-state index in [-0.39, 0.29) is 28.5 Å². The minimum absolute atomic E-state index is 0.0277. The van der Waals surface area contributed by atoms with Gasteiger partial charge in [0.05, 0.1) is 5.56 Å². The number of phenolic OH excluding ortho intramolecular Hbond substituents is 1. The quantitative estimate of drug-likeness (QED) is 0.213. The number of amides is 2. The van der Waals surface area contributed by atoms with Crippen molar-refractivity contribution in [2.24, 2.45) is 0 Å². The van der Waals surface area contributed by atoms with E-state index in [9.17, 15) is 24.6 Å². The highest BCUT2D eigenvalue weighted by Gasteiger charge is 2.23. The molecule has 0 aromatic heterocycles. The minimum Gasteiger partial charge on any atom is -0.508 e. The van der Waals surface area contributed by atoms with Crippen molar-refractivity contribution in [1.29, 1.82) is 0 Å². The van der Waals surface area contributed by atoms with Crippen LogP contribution in [0.3, 0.4) is 0 Å². The number of aromatic carboxylic acids is 1. The Labute approximate surface area is 230 Å². The van der Waals surface area contributed by atoms with Gasteiger partial charge in [-0.05, 0) is 42.0 Å². The highest BCUT2D eigenvalue weighted by molar-refractivity contribution is 6.08. The standard InChI is InChI=1S/C29H31N5O6/c35-19-2-5-22-25(16-19)40-26-17-20(36)3-6-23(26)27(22)21-4-1-18(15-24(21)28(37)38)33-29(39)34-13-11-31-9-7-30-8-10-32-12-14-34/h1-6,15-17,30-32,35H,7-14H2,(H,33,39)(H,37,38). The number of carboxylic acids is 1. The SMILES string of the molecule is O=C(O)c1cc(NC(=O)N2CCNCCNCCNCC2)ccc1-c1c2ccc(=O)cc-2oc2cc(O)ccc12. The maximum atomic E-state index is 13.2. The molecule has 2 heterocycles. The maximum Gasteiger partial charge on any atom is 0.336 e. The number of carboxylic acid groups (broad SMARTS) is 1. The normalized spacial score (nSPS) is 15.3. The molecule has 11 nitrogen and oxygen atoms in total. The average Bonchev–Trinajstić information content (AvgIpc) is 2.92. The summed E-state index contributed by atoms with van der Waals surface area (Å²) >= 11 is 0. The van der Waals surface area contributed by atoms with Crippen molar-refractivity contribution >= 4 is 28.7 Å². The van der Waals surface area contributed by atoms with E-state index >= 15 is 0 Å². The summed E-state index contributed by atoms with van der Waals surface area (Å²) in [6.07, 6.45) is 0. The third-order valence-electron chi connectivity index (χ3n) is 6.81. The van der Waals surface area contributed by atoms with Crippen LogP contribution < -0.4 is 26.7 Å². The topological polar surface area (TPSA) is 156 Å². The molecule has 6 N–H and O–H groups in total. The number of phenols is 1. The molecule has 2 aromatic carbocycles. The third-order valence-corrected chi connectivity index (χ3v) is 6.81. The lowest BCUT2D eigenvalue weighted by Gasteiger charge is -2.24. The van der Waals surface area contributed by atoms with Gasteiger partial charge in [-0.25, -0.2) is 9.59 Å². The van der Waals surface area contributed by atoms with E-state index in [2.05, 4.69) is 21.3 Å². The lowest BCUT2D eigenvalue weighted by Crippen LogP contribution is -2.45. The molecular formula is C29H31N5O6. The smallest absolute Gasteiger partial charge is 0.336 e. The van der Waals surface area contributed by atoms with E-state index < -0.39 is 5.97 Å². The van der Waals surface area contributed by atoms with Crippen LogP contribution in [0.15, 0.2) is 63.8 Å². The number of hydrogen-bond acceptors (Lipinski definition) is 8. The number of nitrogens with one attached hydrogen (secondary N) is 4. The number of hydrogen-bond donors (Lipinski definition) is 6. The van der Waals surface area contributed by atoms with Gasteiger partial charge in [-0.3, -0.25) is 4.79 Å². The molecule has 2 amide bonds. The zero-order chi connectivity index (χ0) is 28.1. The summed E-state index contributed by atoms with van der Waals surface area (Å²) in [7, 11) is 0. The first-order valence-corrected chi connectivity index (χ1v) is 13.2. The van der Waals surface area contributed by atoms with Gasteiger partial charge in [-0.1, -0.05) is 6.07 Å². The van der Waals surface area contributed by atoms with Gasteiger partial charge < -0.3 is 40.8 Å². The highest BCUT2D eigenvalue weighted by Crippen LogP contribution is 2.42. The number of carbonyl (C=O) groups excluding carboxylic acids is 1. The molecule has 0 saturated carbocycles. The summed E-state index contributed by atoms with van der Waals surface area (Å²) in [5.74, 6) is -0.941. The largest absolute Gasteiger partial charge is 0.508 e. The number of rotatable bonds is 3. The molecule has 1 aliphatic carbocycles. The number of fused-ring (bicyclic) bond motifs is 2. The van der Waals surface area contributed by atoms with Crippen LogP contribution in [-0.4, -0.2) is 79.5 Å². The maximum absolute atomic E-state index is 13.2. The molecule has 40 heavy (non-hydrogen) atoms. The van der Waals surface area contributed by atoms with E-state index in [0.717, 1.165) is 26.2 Å². The molecular weight excluding hydrogens is 514 g/mol. The van der Waals surface area contributed by atoms with Gasteiger partial charge in [0.1, 0.15) is 17.1 Å². The van der Waals surface area contributed by atoms with Crippen LogP contribution in [0.5, 0.6) is 5.75 Å². The lowest BCUT2D eigenvalue weighted by atomic mass is 9.90. The molecule has 11 heteroatoms. The molecule has 5 rings (SSSR count). The third kappa shape index (κ3) is 6.07. The number of aromatic hydroxyl groups is 1. The van der Waals surface area contributed by atoms with Gasteiger partial charge in [0.25, 0.3) is 0 Å². The summed E-state index contributed by atoms with van der Waals surface area (Å²) < 4.78 is 5.88. The number of anilines is 1. The zero-order valence-corrected chi connectivity index (χ0v) is 21.8. The average molecular weight is 546 g/mol. The van der Waals surface area contributed by atoms with Crippen LogP contribution in [0.1, 0.15) is 10.4 Å². The fourth-order valence-electron chi connectivity index (χ4n) is 4.84. The Balaban J connectivity index is 1.49. The van der Waals surface area contributed by atoms with Crippen molar-refractivity contribution in [2.45, 2.75) is 0 Å². The monoisotopic (exact) mass is 545 g/mol. The van der Waals surface area contributed by atoms with Gasteiger partial charge in [0.15, 0.2) is 5.43 Å².